The molecule has 0 atom stereocenters. The van der Waals surface area contributed by atoms with Crippen LogP contribution >= 0.6 is 0 Å². The zero-order chi connectivity index (χ0) is 16.3. The van der Waals surface area contributed by atoms with E-state index >= 15 is 0 Å². The minimum atomic E-state index is -0.962. The molecule has 0 amide bonds. The van der Waals surface area contributed by atoms with Crippen molar-refractivity contribution in [3.63, 3.8) is 0 Å². The van der Waals surface area contributed by atoms with E-state index in [0.717, 1.165) is 16.7 Å². The summed E-state index contributed by atoms with van der Waals surface area (Å²) in [5.74, 6) is -1.34. The highest BCUT2D eigenvalue weighted by Gasteiger charge is 2.13. The van der Waals surface area contributed by atoms with Crippen molar-refractivity contribution in [2.45, 2.75) is 26.7 Å². The van der Waals surface area contributed by atoms with Gasteiger partial charge in [-0.15, -0.1) is 0 Å². The minimum Gasteiger partial charge on any atom is -0.481 e. The van der Waals surface area contributed by atoms with Crippen LogP contribution in [0.25, 0.3) is 11.1 Å². The maximum Gasteiger partial charge on any atom is 0.303 e. The standard InChI is InChI=1S/C18H16FNO2/c1-11-3-5-16(15(7-11)10-20)14-8-12(2)18(19)13(9-14)4-6-17(21)22/h3,5,7-9H,4,6H2,1-2H3,(H,21,22). The maximum absolute atomic E-state index is 14.1. The molecule has 0 saturated heterocycles. The van der Waals surface area contributed by atoms with E-state index in [-0.39, 0.29) is 18.7 Å². The predicted octanol–water partition coefficient (Wildman–Crippen LogP) is 4.00. The molecule has 22 heavy (non-hydrogen) atoms. The first kappa shape index (κ1) is 15.7. The second-order valence-corrected chi connectivity index (χ2v) is 5.32. The molecular weight excluding hydrogens is 281 g/mol. The van der Waals surface area contributed by atoms with E-state index in [2.05, 4.69) is 6.07 Å². The van der Waals surface area contributed by atoms with Crippen molar-refractivity contribution >= 4 is 5.97 Å². The summed E-state index contributed by atoms with van der Waals surface area (Å²) in [4.78, 5) is 10.7. The fourth-order valence-corrected chi connectivity index (χ4v) is 2.42. The second kappa shape index (κ2) is 6.40. The fourth-order valence-electron chi connectivity index (χ4n) is 2.42. The summed E-state index contributed by atoms with van der Waals surface area (Å²) in [6.45, 7) is 3.54. The first-order valence-electron chi connectivity index (χ1n) is 6.94. The lowest BCUT2D eigenvalue weighted by Crippen LogP contribution is -2.01. The molecular formula is C18H16FNO2. The summed E-state index contributed by atoms with van der Waals surface area (Å²) in [6, 6.07) is 11.0. The Balaban J connectivity index is 2.53. The average Bonchev–Trinajstić information content (AvgIpc) is 2.48. The highest BCUT2D eigenvalue weighted by Crippen LogP contribution is 2.28. The Morgan fingerprint density at radius 2 is 2.00 bits per heavy atom. The molecule has 0 aliphatic heterocycles. The SMILES string of the molecule is Cc1ccc(-c2cc(C)c(F)c(CCC(=O)O)c2)c(C#N)c1. The van der Waals surface area contributed by atoms with E-state index in [1.54, 1.807) is 25.1 Å². The zero-order valence-electron chi connectivity index (χ0n) is 12.5. The highest BCUT2D eigenvalue weighted by atomic mass is 19.1. The first-order valence-corrected chi connectivity index (χ1v) is 6.94. The van der Waals surface area contributed by atoms with Crippen LogP contribution in [0.1, 0.15) is 28.7 Å². The molecule has 0 unspecified atom stereocenters. The molecule has 0 aliphatic rings. The molecule has 4 heteroatoms. The van der Waals surface area contributed by atoms with Crippen molar-refractivity contribution < 1.29 is 14.3 Å². The molecule has 0 aromatic heterocycles. The van der Waals surface area contributed by atoms with Gasteiger partial charge in [0, 0.05) is 6.42 Å². The molecule has 0 saturated carbocycles. The zero-order valence-corrected chi connectivity index (χ0v) is 12.5. The van der Waals surface area contributed by atoms with E-state index in [1.807, 2.05) is 19.1 Å². The second-order valence-electron chi connectivity index (χ2n) is 5.32. The summed E-state index contributed by atoms with van der Waals surface area (Å²) >= 11 is 0. The van der Waals surface area contributed by atoms with E-state index in [1.165, 1.54) is 0 Å². The predicted molar refractivity (Wildman–Crippen MR) is 82.0 cm³/mol. The van der Waals surface area contributed by atoms with Gasteiger partial charge in [-0.2, -0.15) is 5.26 Å². The summed E-state index contributed by atoms with van der Waals surface area (Å²) in [6.07, 6.45) is 0.00239. The number of nitrogens with zero attached hydrogens (tertiary/aromatic N) is 1. The molecule has 0 heterocycles. The third-order valence-electron chi connectivity index (χ3n) is 3.54. The molecule has 0 fully saturated rings. The summed E-state index contributed by atoms with van der Waals surface area (Å²) in [7, 11) is 0. The van der Waals surface area contributed by atoms with Gasteiger partial charge in [-0.1, -0.05) is 12.1 Å². The van der Waals surface area contributed by atoms with Crippen molar-refractivity contribution in [1.82, 2.24) is 0 Å². The van der Waals surface area contributed by atoms with Gasteiger partial charge in [0.1, 0.15) is 5.82 Å². The quantitative estimate of drug-likeness (QED) is 0.928. The van der Waals surface area contributed by atoms with Gasteiger partial charge >= 0.3 is 5.97 Å². The Morgan fingerprint density at radius 1 is 1.27 bits per heavy atom. The molecule has 2 aromatic carbocycles. The molecule has 112 valence electrons. The average molecular weight is 297 g/mol. The Hall–Kier alpha value is -2.67. The number of halogens is 1. The van der Waals surface area contributed by atoms with E-state index in [4.69, 9.17) is 5.11 Å². The molecule has 0 radical (unpaired) electrons. The number of hydrogen-bond donors (Lipinski definition) is 1. The highest BCUT2D eigenvalue weighted by molar-refractivity contribution is 5.72. The Bertz CT molecular complexity index is 775. The summed E-state index contributed by atoms with van der Waals surface area (Å²) in [5.41, 5.74) is 3.77. The Kier molecular flexibility index (Phi) is 4.57. The lowest BCUT2D eigenvalue weighted by atomic mass is 9.94. The number of aliphatic carboxylic acids is 1. The van der Waals surface area contributed by atoms with Crippen LogP contribution in [-0.4, -0.2) is 11.1 Å². The van der Waals surface area contributed by atoms with Crippen molar-refractivity contribution in [3.05, 3.63) is 58.4 Å². The van der Waals surface area contributed by atoms with Gasteiger partial charge < -0.3 is 5.11 Å². The van der Waals surface area contributed by atoms with Crippen molar-refractivity contribution in [1.29, 1.82) is 5.26 Å². The van der Waals surface area contributed by atoms with Crippen LogP contribution in [0.2, 0.25) is 0 Å². The molecule has 2 rings (SSSR count). The van der Waals surface area contributed by atoms with Gasteiger partial charge in [-0.25, -0.2) is 4.39 Å². The molecule has 0 bridgehead atoms. The van der Waals surface area contributed by atoms with Crippen LogP contribution in [0.5, 0.6) is 0 Å². The number of hydrogen-bond acceptors (Lipinski definition) is 2. The van der Waals surface area contributed by atoms with Gasteiger partial charge in [-0.05, 0) is 66.3 Å². The number of rotatable bonds is 4. The van der Waals surface area contributed by atoms with Crippen LogP contribution in [0.15, 0.2) is 30.3 Å². The third-order valence-corrected chi connectivity index (χ3v) is 3.54. The van der Waals surface area contributed by atoms with Crippen molar-refractivity contribution in [3.8, 4) is 17.2 Å². The lowest BCUT2D eigenvalue weighted by Gasteiger charge is -2.11. The lowest BCUT2D eigenvalue weighted by molar-refractivity contribution is -0.136. The summed E-state index contributed by atoms with van der Waals surface area (Å²) in [5, 5.41) is 18.0. The van der Waals surface area contributed by atoms with E-state index in [0.29, 0.717) is 16.7 Å². The topological polar surface area (TPSA) is 61.1 Å². The normalized spacial score (nSPS) is 10.3. The first-order chi connectivity index (χ1) is 10.4. The van der Waals surface area contributed by atoms with Crippen LogP contribution in [0, 0.1) is 31.0 Å². The van der Waals surface area contributed by atoms with Crippen molar-refractivity contribution in [2.75, 3.05) is 0 Å². The molecule has 3 nitrogen and oxygen atoms in total. The largest absolute Gasteiger partial charge is 0.481 e. The minimum absolute atomic E-state index is 0.126. The number of nitriles is 1. The maximum atomic E-state index is 14.1. The smallest absolute Gasteiger partial charge is 0.303 e. The molecule has 1 N–H and O–H groups in total. The van der Waals surface area contributed by atoms with E-state index in [9.17, 15) is 14.4 Å². The Morgan fingerprint density at radius 3 is 2.64 bits per heavy atom. The number of benzene rings is 2. The third kappa shape index (κ3) is 3.32. The summed E-state index contributed by atoms with van der Waals surface area (Å²) < 4.78 is 14.1. The van der Waals surface area contributed by atoms with Gasteiger partial charge in [0.05, 0.1) is 11.6 Å². The number of carboxylic acids is 1. The van der Waals surface area contributed by atoms with E-state index < -0.39 is 5.97 Å². The molecule has 2 aromatic rings. The fraction of sp³-hybridized carbons (Fsp3) is 0.222. The van der Waals surface area contributed by atoms with Gasteiger partial charge in [0.2, 0.25) is 0 Å². The van der Waals surface area contributed by atoms with Crippen LogP contribution in [0.4, 0.5) is 4.39 Å². The van der Waals surface area contributed by atoms with Crippen LogP contribution in [-0.2, 0) is 11.2 Å². The van der Waals surface area contributed by atoms with Gasteiger partial charge in [0.15, 0.2) is 0 Å². The van der Waals surface area contributed by atoms with Crippen LogP contribution < -0.4 is 0 Å². The number of carbonyl (C=O) groups is 1. The molecule has 0 aliphatic carbocycles. The monoisotopic (exact) mass is 297 g/mol. The van der Waals surface area contributed by atoms with Gasteiger partial charge in [0.25, 0.3) is 0 Å². The Labute approximate surface area is 128 Å². The van der Waals surface area contributed by atoms with Gasteiger partial charge in [-0.3, -0.25) is 4.79 Å². The van der Waals surface area contributed by atoms with Crippen molar-refractivity contribution in [2.24, 2.45) is 0 Å². The number of carboxylic acid groups (broad SMARTS) is 1. The molecule has 0 spiro atoms. The van der Waals surface area contributed by atoms with Crippen LogP contribution in [0.3, 0.4) is 0 Å². The number of aryl methyl sites for hydroxylation is 3.